The highest BCUT2D eigenvalue weighted by molar-refractivity contribution is 5.72. The lowest BCUT2D eigenvalue weighted by Crippen LogP contribution is -2.53. The number of benzene rings is 1. The molecule has 3 aliphatic rings. The smallest absolute Gasteiger partial charge is 0.260 e. The molecule has 5 nitrogen and oxygen atoms in total. The third-order valence-electron chi connectivity index (χ3n) is 4.68. The maximum absolute atomic E-state index is 5.33. The molecule has 0 saturated carbocycles. The van der Waals surface area contributed by atoms with E-state index in [4.69, 9.17) is 4.52 Å². The Kier molecular flexibility index (Phi) is 3.15. The zero-order valence-corrected chi connectivity index (χ0v) is 12.2. The molecular weight excluding hydrogens is 264 g/mol. The Morgan fingerprint density at radius 3 is 2.71 bits per heavy atom. The average Bonchev–Trinajstić information content (AvgIpc) is 2.95. The summed E-state index contributed by atoms with van der Waals surface area (Å²) in [5.41, 5.74) is 2.09. The number of piperidine rings is 3. The number of nitrogens with zero attached hydrogens (tertiary/aromatic N) is 3. The van der Waals surface area contributed by atoms with Crippen LogP contribution < -0.4 is 5.32 Å². The Balaban J connectivity index is 1.61. The molecule has 4 heterocycles. The first-order valence-corrected chi connectivity index (χ1v) is 7.68. The number of aryl methyl sites for hydroxylation is 1. The molecule has 2 aromatic rings. The summed E-state index contributed by atoms with van der Waals surface area (Å²) in [4.78, 5) is 6.91. The molecule has 3 saturated heterocycles. The molecule has 1 N–H and O–H groups in total. The number of fused-ring (bicyclic) bond motifs is 3. The highest BCUT2D eigenvalue weighted by atomic mass is 16.5. The van der Waals surface area contributed by atoms with E-state index in [0.29, 0.717) is 17.8 Å². The minimum Gasteiger partial charge on any atom is -0.380 e. The van der Waals surface area contributed by atoms with E-state index < -0.39 is 0 Å². The van der Waals surface area contributed by atoms with E-state index in [2.05, 4.69) is 32.5 Å². The van der Waals surface area contributed by atoms with Gasteiger partial charge < -0.3 is 14.7 Å². The summed E-state index contributed by atoms with van der Waals surface area (Å²) in [7, 11) is 0. The Labute approximate surface area is 124 Å². The predicted octanol–water partition coefficient (Wildman–Crippen LogP) is 2.55. The van der Waals surface area contributed by atoms with Crippen LogP contribution in [-0.4, -0.2) is 40.7 Å². The van der Waals surface area contributed by atoms with Crippen LogP contribution in [0.2, 0.25) is 0 Å². The molecule has 5 rings (SSSR count). The van der Waals surface area contributed by atoms with Crippen LogP contribution in [0.15, 0.2) is 28.8 Å². The number of anilines is 1. The van der Waals surface area contributed by atoms with E-state index in [0.717, 1.165) is 23.7 Å². The van der Waals surface area contributed by atoms with Crippen LogP contribution in [0.1, 0.15) is 18.7 Å². The summed E-state index contributed by atoms with van der Waals surface area (Å²) in [5.74, 6) is 2.05. The quantitative estimate of drug-likeness (QED) is 0.938. The van der Waals surface area contributed by atoms with Gasteiger partial charge in [-0.15, -0.1) is 0 Å². The van der Waals surface area contributed by atoms with Gasteiger partial charge in [0.15, 0.2) is 5.82 Å². The van der Waals surface area contributed by atoms with Crippen LogP contribution in [0.25, 0.3) is 11.5 Å². The van der Waals surface area contributed by atoms with Crippen molar-refractivity contribution in [2.24, 2.45) is 5.92 Å². The van der Waals surface area contributed by atoms with E-state index >= 15 is 0 Å². The molecule has 3 aliphatic heterocycles. The van der Waals surface area contributed by atoms with Crippen LogP contribution in [-0.2, 0) is 0 Å². The van der Waals surface area contributed by atoms with Crippen molar-refractivity contribution in [3.63, 3.8) is 0 Å². The van der Waals surface area contributed by atoms with Crippen molar-refractivity contribution in [1.29, 1.82) is 0 Å². The van der Waals surface area contributed by atoms with Gasteiger partial charge in [-0.1, -0.05) is 17.3 Å². The van der Waals surface area contributed by atoms with Crippen LogP contribution in [0.4, 0.5) is 5.69 Å². The molecule has 2 bridgehead atoms. The lowest BCUT2D eigenvalue weighted by atomic mass is 9.84. The van der Waals surface area contributed by atoms with E-state index in [9.17, 15) is 0 Å². The van der Waals surface area contributed by atoms with Crippen LogP contribution in [0.3, 0.4) is 0 Å². The third kappa shape index (κ3) is 2.42. The maximum atomic E-state index is 5.33. The van der Waals surface area contributed by atoms with Crippen molar-refractivity contribution in [3.8, 4) is 11.5 Å². The summed E-state index contributed by atoms with van der Waals surface area (Å²) in [5, 5.41) is 7.62. The first-order chi connectivity index (χ1) is 10.3. The van der Waals surface area contributed by atoms with E-state index in [1.807, 2.05) is 19.1 Å². The van der Waals surface area contributed by atoms with Gasteiger partial charge in [0, 0.05) is 18.3 Å². The Morgan fingerprint density at radius 1 is 1.24 bits per heavy atom. The zero-order valence-electron chi connectivity index (χ0n) is 12.2. The summed E-state index contributed by atoms with van der Waals surface area (Å²) in [6.07, 6.45) is 2.61. The number of nitrogens with one attached hydrogen (secondary N) is 1. The Morgan fingerprint density at radius 2 is 2.05 bits per heavy atom. The lowest BCUT2D eigenvalue weighted by Gasteiger charge is -2.45. The van der Waals surface area contributed by atoms with Gasteiger partial charge in [0.25, 0.3) is 5.89 Å². The zero-order chi connectivity index (χ0) is 14.2. The first-order valence-electron chi connectivity index (χ1n) is 7.68. The second-order valence-electron chi connectivity index (χ2n) is 6.08. The Bertz CT molecular complexity index is 631. The topological polar surface area (TPSA) is 54.2 Å². The van der Waals surface area contributed by atoms with Gasteiger partial charge >= 0.3 is 0 Å². The molecule has 110 valence electrons. The molecule has 0 radical (unpaired) electrons. The summed E-state index contributed by atoms with van der Waals surface area (Å²) in [6.45, 7) is 5.50. The van der Waals surface area contributed by atoms with Crippen molar-refractivity contribution in [1.82, 2.24) is 15.0 Å². The molecule has 0 spiro atoms. The SMILES string of the molecule is Cc1noc(-c2ccccc2NC2CN3CCC2CC3)n1. The molecule has 21 heavy (non-hydrogen) atoms. The molecule has 1 atom stereocenters. The largest absolute Gasteiger partial charge is 0.380 e. The van der Waals surface area contributed by atoms with E-state index in [1.165, 1.54) is 25.9 Å². The van der Waals surface area contributed by atoms with E-state index in [1.54, 1.807) is 0 Å². The average molecular weight is 284 g/mol. The van der Waals surface area contributed by atoms with Crippen molar-refractivity contribution < 1.29 is 4.52 Å². The normalized spacial score (nSPS) is 27.8. The van der Waals surface area contributed by atoms with Crippen LogP contribution in [0, 0.1) is 12.8 Å². The fourth-order valence-corrected chi connectivity index (χ4v) is 3.53. The number of hydrogen-bond acceptors (Lipinski definition) is 5. The maximum Gasteiger partial charge on any atom is 0.260 e. The third-order valence-corrected chi connectivity index (χ3v) is 4.68. The fourth-order valence-electron chi connectivity index (χ4n) is 3.53. The summed E-state index contributed by atoms with van der Waals surface area (Å²) in [6, 6.07) is 8.73. The number of para-hydroxylation sites is 1. The molecule has 1 aromatic heterocycles. The highest BCUT2D eigenvalue weighted by Gasteiger charge is 2.34. The highest BCUT2D eigenvalue weighted by Crippen LogP contribution is 2.33. The van der Waals surface area contributed by atoms with Gasteiger partial charge in [0.1, 0.15) is 0 Å². The fraction of sp³-hybridized carbons (Fsp3) is 0.500. The minimum absolute atomic E-state index is 0.526. The molecular formula is C16H20N4O. The van der Waals surface area contributed by atoms with Gasteiger partial charge in [-0.05, 0) is 50.9 Å². The Hall–Kier alpha value is -1.88. The monoisotopic (exact) mass is 284 g/mol. The first kappa shape index (κ1) is 12.8. The number of rotatable bonds is 3. The van der Waals surface area contributed by atoms with Crippen molar-refractivity contribution in [3.05, 3.63) is 30.1 Å². The van der Waals surface area contributed by atoms with Crippen LogP contribution >= 0.6 is 0 Å². The van der Waals surface area contributed by atoms with Crippen molar-refractivity contribution >= 4 is 5.69 Å². The number of aromatic nitrogens is 2. The molecule has 0 aliphatic carbocycles. The van der Waals surface area contributed by atoms with Gasteiger partial charge in [-0.25, -0.2) is 0 Å². The summed E-state index contributed by atoms with van der Waals surface area (Å²) >= 11 is 0. The molecule has 5 heteroatoms. The standard InChI is InChI=1S/C16H20N4O/c1-11-17-16(21-19-11)13-4-2-3-5-14(13)18-15-10-20-8-6-12(15)7-9-20/h2-5,12,15,18H,6-10H2,1H3. The van der Waals surface area contributed by atoms with Crippen molar-refractivity contribution in [2.75, 3.05) is 25.0 Å². The predicted molar refractivity (Wildman–Crippen MR) is 81.0 cm³/mol. The van der Waals surface area contributed by atoms with Gasteiger partial charge in [0.2, 0.25) is 0 Å². The van der Waals surface area contributed by atoms with Gasteiger partial charge in [0.05, 0.1) is 5.56 Å². The molecule has 3 fully saturated rings. The van der Waals surface area contributed by atoms with Gasteiger partial charge in [-0.2, -0.15) is 4.98 Å². The van der Waals surface area contributed by atoms with Crippen LogP contribution in [0.5, 0.6) is 0 Å². The molecule has 0 amide bonds. The number of hydrogen-bond donors (Lipinski definition) is 1. The lowest BCUT2D eigenvalue weighted by molar-refractivity contribution is 0.0975. The second kappa shape index (κ2) is 5.15. The molecule has 1 aromatic carbocycles. The summed E-state index contributed by atoms with van der Waals surface area (Å²) < 4.78 is 5.33. The van der Waals surface area contributed by atoms with E-state index in [-0.39, 0.29) is 0 Å². The second-order valence-corrected chi connectivity index (χ2v) is 6.08. The molecule has 1 unspecified atom stereocenters. The minimum atomic E-state index is 0.526. The van der Waals surface area contributed by atoms with Crippen molar-refractivity contribution in [2.45, 2.75) is 25.8 Å². The van der Waals surface area contributed by atoms with Gasteiger partial charge in [-0.3, -0.25) is 0 Å².